The number of halogens is 5. The number of benzene rings is 2. The lowest BCUT2D eigenvalue weighted by atomic mass is 9.73. The van der Waals surface area contributed by atoms with Crippen LogP contribution in [-0.2, 0) is 21.5 Å². The van der Waals surface area contributed by atoms with E-state index < -0.39 is 42.3 Å². The number of hydrogen-bond donors (Lipinski definition) is 2. The van der Waals surface area contributed by atoms with E-state index in [4.69, 9.17) is 17.3 Å². The highest BCUT2D eigenvalue weighted by Crippen LogP contribution is 2.51. The minimum atomic E-state index is -4.62. The molecule has 1 saturated heterocycles. The summed E-state index contributed by atoms with van der Waals surface area (Å²) in [4.78, 5) is 45.9. The Labute approximate surface area is 219 Å². The van der Waals surface area contributed by atoms with E-state index in [-0.39, 0.29) is 48.1 Å². The lowest BCUT2D eigenvalue weighted by molar-refractivity contribution is -0.138. The van der Waals surface area contributed by atoms with E-state index in [2.05, 4.69) is 4.99 Å². The molecule has 3 N–H and O–H groups in total. The summed E-state index contributed by atoms with van der Waals surface area (Å²) in [6.07, 6.45) is -4.43. The van der Waals surface area contributed by atoms with Crippen LogP contribution in [0.25, 0.3) is 0 Å². The third-order valence-electron chi connectivity index (χ3n) is 7.24. The summed E-state index contributed by atoms with van der Waals surface area (Å²) < 4.78 is 52.1. The summed E-state index contributed by atoms with van der Waals surface area (Å²) in [6, 6.07) is 7.45. The SMILES string of the molecule is NC1=NCc2cc(C(=O)N3CCC4(CC3)C(=O)N(CC(=O)NCC(F)(F)F)c3ccc(F)c(Cl)c34)ccc21. The van der Waals surface area contributed by atoms with Crippen molar-refractivity contribution in [2.24, 2.45) is 10.7 Å². The van der Waals surface area contributed by atoms with Crippen LogP contribution in [0, 0.1) is 5.82 Å². The van der Waals surface area contributed by atoms with Crippen molar-refractivity contribution in [3.8, 4) is 0 Å². The van der Waals surface area contributed by atoms with Gasteiger partial charge in [0.25, 0.3) is 5.91 Å². The van der Waals surface area contributed by atoms with Gasteiger partial charge in [-0.25, -0.2) is 4.39 Å². The normalized spacial score (nSPS) is 17.9. The molecule has 5 rings (SSSR count). The molecule has 200 valence electrons. The molecule has 0 atom stereocenters. The summed E-state index contributed by atoms with van der Waals surface area (Å²) in [6.45, 7) is -1.57. The minimum absolute atomic E-state index is 0.0927. The molecule has 38 heavy (non-hydrogen) atoms. The van der Waals surface area contributed by atoms with Gasteiger partial charge in [0.15, 0.2) is 0 Å². The first-order valence-corrected chi connectivity index (χ1v) is 12.2. The zero-order valence-electron chi connectivity index (χ0n) is 19.9. The van der Waals surface area contributed by atoms with E-state index in [9.17, 15) is 31.9 Å². The minimum Gasteiger partial charge on any atom is -0.383 e. The molecule has 0 aromatic heterocycles. The standard InChI is InChI=1S/C25H22ClF4N5O3/c26-20-16(27)3-4-17-19(20)24(23(38)35(17)11-18(36)33-12-25(28,29)30)5-7-34(8-6-24)22(37)13-1-2-15-14(9-13)10-32-21(15)31/h1-4,9H,5-8,10-12H2,(H2,31,32)(H,33,36). The molecule has 0 radical (unpaired) electrons. The quantitative estimate of drug-likeness (QED) is 0.570. The van der Waals surface area contributed by atoms with Gasteiger partial charge in [0.1, 0.15) is 24.7 Å². The number of carbonyl (C=O) groups excluding carboxylic acids is 3. The topological polar surface area (TPSA) is 108 Å². The van der Waals surface area contributed by atoms with Crippen LogP contribution in [-0.4, -0.2) is 60.8 Å². The highest BCUT2D eigenvalue weighted by atomic mass is 35.5. The molecule has 3 aliphatic heterocycles. The molecular weight excluding hydrogens is 530 g/mol. The highest BCUT2D eigenvalue weighted by Gasteiger charge is 2.54. The first-order valence-electron chi connectivity index (χ1n) is 11.8. The number of piperidine rings is 1. The Morgan fingerprint density at radius 1 is 1.16 bits per heavy atom. The second-order valence-corrected chi connectivity index (χ2v) is 9.86. The van der Waals surface area contributed by atoms with Crippen molar-refractivity contribution in [3.05, 3.63) is 63.4 Å². The van der Waals surface area contributed by atoms with Gasteiger partial charge in [0, 0.05) is 29.8 Å². The van der Waals surface area contributed by atoms with Crippen molar-refractivity contribution in [1.82, 2.24) is 10.2 Å². The van der Waals surface area contributed by atoms with Crippen LogP contribution in [0.5, 0.6) is 0 Å². The smallest absolute Gasteiger partial charge is 0.383 e. The summed E-state index contributed by atoms with van der Waals surface area (Å²) >= 11 is 6.31. The summed E-state index contributed by atoms with van der Waals surface area (Å²) in [5.74, 6) is -2.20. The zero-order chi connectivity index (χ0) is 27.4. The summed E-state index contributed by atoms with van der Waals surface area (Å²) in [7, 11) is 0. The first-order chi connectivity index (χ1) is 17.9. The van der Waals surface area contributed by atoms with Gasteiger partial charge >= 0.3 is 6.18 Å². The van der Waals surface area contributed by atoms with Gasteiger partial charge in [-0.1, -0.05) is 17.7 Å². The van der Waals surface area contributed by atoms with Crippen molar-refractivity contribution in [3.63, 3.8) is 0 Å². The number of likely N-dealkylation sites (tertiary alicyclic amines) is 1. The number of fused-ring (bicyclic) bond motifs is 3. The lowest BCUT2D eigenvalue weighted by Gasteiger charge is -2.38. The molecule has 3 amide bonds. The van der Waals surface area contributed by atoms with E-state index >= 15 is 0 Å². The van der Waals surface area contributed by atoms with E-state index in [1.165, 1.54) is 6.07 Å². The fourth-order valence-corrected chi connectivity index (χ4v) is 5.69. The maximum Gasteiger partial charge on any atom is 0.405 e. The van der Waals surface area contributed by atoms with Crippen LogP contribution >= 0.6 is 11.6 Å². The molecule has 2 aromatic carbocycles. The summed E-state index contributed by atoms with van der Waals surface area (Å²) in [5, 5.41) is 1.46. The fraction of sp³-hybridized carbons (Fsp3) is 0.360. The molecule has 2 aromatic rings. The van der Waals surface area contributed by atoms with Crippen molar-refractivity contribution < 1.29 is 31.9 Å². The Kier molecular flexibility index (Phi) is 6.33. The molecule has 0 aliphatic carbocycles. The third-order valence-corrected chi connectivity index (χ3v) is 7.61. The Balaban J connectivity index is 1.37. The number of aliphatic imine (C=N–C) groups is 1. The predicted octanol–water partition coefficient (Wildman–Crippen LogP) is 2.90. The maximum absolute atomic E-state index is 14.5. The van der Waals surface area contributed by atoms with E-state index in [1.807, 2.05) is 0 Å². The van der Waals surface area contributed by atoms with Gasteiger partial charge in [-0.2, -0.15) is 13.2 Å². The average molecular weight is 552 g/mol. The van der Waals surface area contributed by atoms with E-state index in [1.54, 1.807) is 28.4 Å². The zero-order valence-corrected chi connectivity index (χ0v) is 20.6. The number of nitrogens with two attached hydrogens (primary N) is 1. The predicted molar refractivity (Wildman–Crippen MR) is 131 cm³/mol. The third kappa shape index (κ3) is 4.36. The average Bonchev–Trinajstić information content (AvgIpc) is 3.35. The molecule has 0 unspecified atom stereocenters. The van der Waals surface area contributed by atoms with Gasteiger partial charge in [-0.3, -0.25) is 19.4 Å². The molecule has 0 saturated carbocycles. The fourth-order valence-electron chi connectivity index (χ4n) is 5.35. The van der Waals surface area contributed by atoms with Crippen LogP contribution in [0.4, 0.5) is 23.2 Å². The summed E-state index contributed by atoms with van der Waals surface area (Å²) in [5.41, 5.74) is 6.92. The Hall–Kier alpha value is -3.67. The van der Waals surface area contributed by atoms with Crippen molar-refractivity contribution >= 4 is 40.8 Å². The van der Waals surface area contributed by atoms with Gasteiger partial charge in [-0.05, 0) is 42.7 Å². The first kappa shape index (κ1) is 26.0. The number of rotatable bonds is 4. The van der Waals surface area contributed by atoms with Crippen LogP contribution in [0.3, 0.4) is 0 Å². The van der Waals surface area contributed by atoms with E-state index in [0.717, 1.165) is 22.1 Å². The maximum atomic E-state index is 14.5. The van der Waals surface area contributed by atoms with Crippen LogP contribution in [0.15, 0.2) is 35.3 Å². The second-order valence-electron chi connectivity index (χ2n) is 9.49. The van der Waals surface area contributed by atoms with Crippen LogP contribution < -0.4 is 16.0 Å². The molecular formula is C25H22ClF4N5O3. The number of alkyl halides is 3. The van der Waals surface area contributed by atoms with Gasteiger partial charge < -0.3 is 20.9 Å². The lowest BCUT2D eigenvalue weighted by Crippen LogP contribution is -2.51. The van der Waals surface area contributed by atoms with Crippen LogP contribution in [0.1, 0.15) is 39.9 Å². The number of carbonyl (C=O) groups is 3. The number of amides is 3. The second kappa shape index (κ2) is 9.26. The highest BCUT2D eigenvalue weighted by molar-refractivity contribution is 6.33. The van der Waals surface area contributed by atoms with Gasteiger partial charge in [-0.15, -0.1) is 0 Å². The number of anilines is 1. The van der Waals surface area contributed by atoms with Crippen LogP contribution in [0.2, 0.25) is 5.02 Å². The molecule has 3 heterocycles. The molecule has 0 bridgehead atoms. The Morgan fingerprint density at radius 3 is 2.55 bits per heavy atom. The number of hydrogen-bond acceptors (Lipinski definition) is 5. The van der Waals surface area contributed by atoms with Gasteiger partial charge in [0.05, 0.1) is 22.7 Å². The number of nitrogens with one attached hydrogen (secondary N) is 1. The molecule has 8 nitrogen and oxygen atoms in total. The molecule has 1 spiro atoms. The van der Waals surface area contributed by atoms with E-state index in [0.29, 0.717) is 17.9 Å². The van der Waals surface area contributed by atoms with Crippen molar-refractivity contribution in [1.29, 1.82) is 0 Å². The largest absolute Gasteiger partial charge is 0.405 e. The Bertz CT molecular complexity index is 1390. The van der Waals surface area contributed by atoms with Crippen molar-refractivity contribution in [2.75, 3.05) is 31.1 Å². The molecule has 3 aliphatic rings. The molecule has 13 heteroatoms. The molecule has 1 fully saturated rings. The van der Waals surface area contributed by atoms with Crippen molar-refractivity contribution in [2.45, 2.75) is 31.0 Å². The number of amidine groups is 1. The van der Waals surface area contributed by atoms with Gasteiger partial charge in [0.2, 0.25) is 11.8 Å². The number of nitrogens with zero attached hydrogens (tertiary/aromatic N) is 3. The Morgan fingerprint density at radius 2 is 1.87 bits per heavy atom. The monoisotopic (exact) mass is 551 g/mol.